The fraction of sp³-hybridized carbons (Fsp3) is 0.714. The van der Waals surface area contributed by atoms with E-state index in [0.29, 0.717) is 19.4 Å². The van der Waals surface area contributed by atoms with Gasteiger partial charge in [-0.2, -0.15) is 5.90 Å². The van der Waals surface area contributed by atoms with Crippen molar-refractivity contribution in [2.75, 3.05) is 6.54 Å². The number of aliphatic hydroxyl groups excluding tert-OH is 1. The van der Waals surface area contributed by atoms with Crippen LogP contribution in [0.5, 0.6) is 0 Å². The molecule has 0 aliphatic carbocycles. The van der Waals surface area contributed by atoms with Gasteiger partial charge in [0.15, 0.2) is 5.70 Å². The molecule has 0 amide bonds. The molecule has 0 saturated carbocycles. The zero-order valence-electron chi connectivity index (χ0n) is 7.04. The van der Waals surface area contributed by atoms with Crippen molar-refractivity contribution in [3.05, 3.63) is 11.6 Å². The highest BCUT2D eigenvalue weighted by Gasteiger charge is 2.34. The number of quaternary nitrogens is 1. The van der Waals surface area contributed by atoms with E-state index in [1.165, 1.54) is 0 Å². The highest BCUT2D eigenvalue weighted by molar-refractivity contribution is 4.99. The molecule has 1 rings (SSSR count). The van der Waals surface area contributed by atoms with Crippen molar-refractivity contribution < 1.29 is 24.0 Å². The van der Waals surface area contributed by atoms with Crippen molar-refractivity contribution in [2.24, 2.45) is 11.8 Å². The summed E-state index contributed by atoms with van der Waals surface area (Å²) in [4.78, 5) is 4.04. The lowest BCUT2D eigenvalue weighted by Crippen LogP contribution is -2.85. The molecule has 0 spiro atoms. The third-order valence-electron chi connectivity index (χ3n) is 2.15. The van der Waals surface area contributed by atoms with Crippen LogP contribution in [0.3, 0.4) is 0 Å². The SMILES string of the molecule is NO/C(O)=C1\[NH2+]CCCC1C(F)F. The van der Waals surface area contributed by atoms with Crippen LogP contribution >= 0.6 is 0 Å². The third-order valence-corrected chi connectivity index (χ3v) is 2.15. The highest BCUT2D eigenvalue weighted by atomic mass is 19.3. The van der Waals surface area contributed by atoms with Crippen molar-refractivity contribution in [3.8, 4) is 0 Å². The lowest BCUT2D eigenvalue weighted by atomic mass is 9.96. The first-order valence-corrected chi connectivity index (χ1v) is 4.08. The number of nitrogens with two attached hydrogens (primary N) is 2. The fourth-order valence-electron chi connectivity index (χ4n) is 1.48. The normalized spacial score (nSPS) is 27.5. The molecule has 0 bridgehead atoms. The third kappa shape index (κ3) is 2.28. The molecule has 13 heavy (non-hydrogen) atoms. The Morgan fingerprint density at radius 2 is 2.38 bits per heavy atom. The molecule has 1 heterocycles. The van der Waals surface area contributed by atoms with Gasteiger partial charge in [-0.05, 0) is 12.8 Å². The molecule has 1 unspecified atom stereocenters. The summed E-state index contributed by atoms with van der Waals surface area (Å²) in [6.45, 7) is 0.673. The molecule has 6 heteroatoms. The molecule has 5 N–H and O–H groups in total. The summed E-state index contributed by atoms with van der Waals surface area (Å²) in [5, 5.41) is 10.6. The summed E-state index contributed by atoms with van der Waals surface area (Å²) in [7, 11) is 0. The average Bonchev–Trinajstić information content (AvgIpc) is 2.16. The van der Waals surface area contributed by atoms with Crippen molar-refractivity contribution in [1.29, 1.82) is 0 Å². The van der Waals surface area contributed by atoms with Gasteiger partial charge in [-0.1, -0.05) is 0 Å². The van der Waals surface area contributed by atoms with E-state index in [1.54, 1.807) is 5.32 Å². The number of hydrogen-bond donors (Lipinski definition) is 3. The first-order chi connectivity index (χ1) is 6.16. The van der Waals surface area contributed by atoms with Crippen LogP contribution in [-0.4, -0.2) is 18.1 Å². The van der Waals surface area contributed by atoms with Crippen LogP contribution in [0.4, 0.5) is 8.78 Å². The van der Waals surface area contributed by atoms with E-state index in [1.807, 2.05) is 0 Å². The van der Waals surface area contributed by atoms with E-state index in [0.717, 1.165) is 0 Å². The topological polar surface area (TPSA) is 72.1 Å². The Balaban J connectivity index is 2.78. The molecule has 76 valence electrons. The maximum atomic E-state index is 12.4. The van der Waals surface area contributed by atoms with Gasteiger partial charge in [-0.3, -0.25) is 0 Å². The second-order valence-electron chi connectivity index (χ2n) is 2.95. The zero-order valence-corrected chi connectivity index (χ0v) is 7.04. The average molecular weight is 195 g/mol. The number of piperidine rings is 1. The van der Waals surface area contributed by atoms with Gasteiger partial charge in [0.05, 0.1) is 6.54 Å². The number of halogens is 2. The van der Waals surface area contributed by atoms with Crippen molar-refractivity contribution in [3.63, 3.8) is 0 Å². The molecule has 1 aliphatic heterocycles. The number of hydrogen-bond acceptors (Lipinski definition) is 3. The molecule has 0 aromatic carbocycles. The molecule has 4 nitrogen and oxygen atoms in total. The maximum absolute atomic E-state index is 12.4. The van der Waals surface area contributed by atoms with Crippen LogP contribution in [0.15, 0.2) is 11.6 Å². The highest BCUT2D eigenvalue weighted by Crippen LogP contribution is 2.24. The molecule has 1 saturated heterocycles. The molecule has 0 aromatic rings. The molecule has 1 fully saturated rings. The van der Waals surface area contributed by atoms with Crippen molar-refractivity contribution in [2.45, 2.75) is 19.3 Å². The number of rotatable bonds is 2. The smallest absolute Gasteiger partial charge is 0.355 e. The Kier molecular flexibility index (Phi) is 3.44. The van der Waals surface area contributed by atoms with Gasteiger partial charge in [0.2, 0.25) is 0 Å². The molecular formula is C7H13F2N2O2+. The molecular weight excluding hydrogens is 182 g/mol. The zero-order chi connectivity index (χ0) is 9.84. The van der Waals surface area contributed by atoms with Gasteiger partial charge in [0, 0.05) is 0 Å². The fourth-order valence-corrected chi connectivity index (χ4v) is 1.48. The molecule has 1 atom stereocenters. The van der Waals surface area contributed by atoms with Crippen LogP contribution < -0.4 is 11.2 Å². The summed E-state index contributed by atoms with van der Waals surface area (Å²) in [6, 6.07) is 0. The minimum absolute atomic E-state index is 0.128. The van der Waals surface area contributed by atoms with Gasteiger partial charge >= 0.3 is 5.95 Å². The first kappa shape index (κ1) is 10.2. The second kappa shape index (κ2) is 4.38. The van der Waals surface area contributed by atoms with Crippen molar-refractivity contribution in [1.82, 2.24) is 0 Å². The van der Waals surface area contributed by atoms with Crippen LogP contribution in [0.25, 0.3) is 0 Å². The predicted molar refractivity (Wildman–Crippen MR) is 40.4 cm³/mol. The summed E-state index contributed by atoms with van der Waals surface area (Å²) < 4.78 is 24.8. The predicted octanol–water partition coefficient (Wildman–Crippen LogP) is -0.158. The van der Waals surface area contributed by atoms with E-state index in [4.69, 9.17) is 11.0 Å². The van der Waals surface area contributed by atoms with Gasteiger partial charge in [-0.15, -0.1) is 0 Å². The Labute approximate surface area is 74.3 Å². The number of aliphatic hydroxyl groups is 1. The summed E-state index contributed by atoms with van der Waals surface area (Å²) in [5.41, 5.74) is 0.128. The molecule has 0 aromatic heterocycles. The van der Waals surface area contributed by atoms with Crippen molar-refractivity contribution >= 4 is 0 Å². The van der Waals surface area contributed by atoms with Crippen LogP contribution in [0.1, 0.15) is 12.8 Å². The Bertz CT molecular complexity index is 209. The van der Waals surface area contributed by atoms with E-state index < -0.39 is 18.3 Å². The minimum Gasteiger partial charge on any atom is -0.476 e. The van der Waals surface area contributed by atoms with Gasteiger partial charge in [-0.25, -0.2) is 8.78 Å². The van der Waals surface area contributed by atoms with E-state index in [2.05, 4.69) is 4.84 Å². The Morgan fingerprint density at radius 1 is 1.69 bits per heavy atom. The van der Waals surface area contributed by atoms with E-state index in [-0.39, 0.29) is 5.70 Å². The quantitative estimate of drug-likeness (QED) is 0.423. The summed E-state index contributed by atoms with van der Waals surface area (Å²) in [6.07, 6.45) is -1.42. The summed E-state index contributed by atoms with van der Waals surface area (Å²) in [5.74, 6) is 3.15. The van der Waals surface area contributed by atoms with E-state index in [9.17, 15) is 8.78 Å². The second-order valence-corrected chi connectivity index (χ2v) is 2.95. The maximum Gasteiger partial charge on any atom is 0.355 e. The Hall–Kier alpha value is -0.880. The number of alkyl halides is 2. The largest absolute Gasteiger partial charge is 0.476 e. The summed E-state index contributed by atoms with van der Waals surface area (Å²) >= 11 is 0. The first-order valence-electron chi connectivity index (χ1n) is 4.08. The number of allylic oxidation sites excluding steroid dienone is 1. The monoisotopic (exact) mass is 195 g/mol. The Morgan fingerprint density at radius 3 is 2.92 bits per heavy atom. The van der Waals surface area contributed by atoms with Gasteiger partial charge < -0.3 is 15.3 Å². The minimum atomic E-state index is -2.48. The molecule has 0 radical (unpaired) electrons. The lowest BCUT2D eigenvalue weighted by molar-refractivity contribution is -0.626. The lowest BCUT2D eigenvalue weighted by Gasteiger charge is -2.21. The van der Waals surface area contributed by atoms with Gasteiger partial charge in [0.25, 0.3) is 6.43 Å². The standard InChI is InChI=1S/C7H12F2N2O2/c8-6(9)4-2-1-3-11-5(4)7(12)13-10/h4,6,11-12H,1-3,10H2/p+1/b7-5-. The van der Waals surface area contributed by atoms with Crippen LogP contribution in [0.2, 0.25) is 0 Å². The molecule has 1 aliphatic rings. The van der Waals surface area contributed by atoms with Gasteiger partial charge in [0.1, 0.15) is 5.92 Å². The van der Waals surface area contributed by atoms with Crippen LogP contribution in [0, 0.1) is 5.92 Å². The van der Waals surface area contributed by atoms with E-state index >= 15 is 0 Å². The van der Waals surface area contributed by atoms with Crippen LogP contribution in [-0.2, 0) is 4.84 Å².